The monoisotopic (exact) mass is 319 g/mol. The van der Waals surface area contributed by atoms with E-state index in [0.717, 1.165) is 70.8 Å². The SMILES string of the molecule is CN1CC2(CCN(Cc3cc4n(n3)CCCNC4)CC2)OC1=O. The minimum absolute atomic E-state index is 0.177. The minimum atomic E-state index is -0.252. The first-order valence-electron chi connectivity index (χ1n) is 8.56. The quantitative estimate of drug-likeness (QED) is 0.873. The number of nitrogens with one attached hydrogen (secondary N) is 1. The molecule has 0 atom stereocenters. The summed E-state index contributed by atoms with van der Waals surface area (Å²) >= 11 is 0. The standard InChI is InChI=1S/C16H25N5O2/c1-19-12-16(23-15(19)22)3-7-20(8-4-16)11-13-9-14-10-17-5-2-6-21(14)18-13/h9,17H,2-8,10-12H2,1H3. The normalized spacial score (nSPS) is 24.6. The smallest absolute Gasteiger partial charge is 0.410 e. The first-order chi connectivity index (χ1) is 11.1. The lowest BCUT2D eigenvalue weighted by molar-refractivity contribution is -0.00149. The molecule has 4 rings (SSSR count). The van der Waals surface area contributed by atoms with Gasteiger partial charge >= 0.3 is 6.09 Å². The molecule has 1 N–H and O–H groups in total. The Morgan fingerprint density at radius 2 is 2.17 bits per heavy atom. The molecule has 0 aromatic carbocycles. The zero-order chi connectivity index (χ0) is 15.9. The number of ether oxygens (including phenoxy) is 1. The summed E-state index contributed by atoms with van der Waals surface area (Å²) in [7, 11) is 1.82. The van der Waals surface area contributed by atoms with E-state index in [1.807, 2.05) is 7.05 Å². The molecule has 1 aromatic rings. The average molecular weight is 319 g/mol. The van der Waals surface area contributed by atoms with Gasteiger partial charge in [-0.1, -0.05) is 0 Å². The first kappa shape index (κ1) is 15.0. The van der Waals surface area contributed by atoms with Crippen LogP contribution in [0.15, 0.2) is 6.07 Å². The van der Waals surface area contributed by atoms with E-state index in [1.165, 1.54) is 5.69 Å². The Labute approximate surface area is 136 Å². The molecule has 0 saturated carbocycles. The summed E-state index contributed by atoms with van der Waals surface area (Å²) in [5.74, 6) is 0. The molecule has 7 nitrogen and oxygen atoms in total. The van der Waals surface area contributed by atoms with Gasteiger partial charge in [-0.05, 0) is 19.0 Å². The van der Waals surface area contributed by atoms with Crippen molar-refractivity contribution in [3.63, 3.8) is 0 Å². The van der Waals surface area contributed by atoms with Gasteiger partial charge in [-0.2, -0.15) is 5.10 Å². The van der Waals surface area contributed by atoms with Crippen LogP contribution in [-0.4, -0.2) is 64.5 Å². The van der Waals surface area contributed by atoms with Gasteiger partial charge in [0.2, 0.25) is 0 Å². The van der Waals surface area contributed by atoms with Crippen LogP contribution in [0.4, 0.5) is 4.79 Å². The Balaban J connectivity index is 1.36. The van der Waals surface area contributed by atoms with Crippen molar-refractivity contribution >= 4 is 6.09 Å². The van der Waals surface area contributed by atoms with Crippen LogP contribution in [-0.2, 0) is 24.4 Å². The van der Waals surface area contributed by atoms with E-state index in [2.05, 4.69) is 21.0 Å². The Kier molecular flexibility index (Phi) is 3.77. The van der Waals surface area contributed by atoms with Crippen LogP contribution in [0.5, 0.6) is 0 Å². The number of carbonyl (C=O) groups excluding carboxylic acids is 1. The number of amides is 1. The van der Waals surface area contributed by atoms with Crippen LogP contribution in [0, 0.1) is 0 Å². The zero-order valence-corrected chi connectivity index (χ0v) is 13.8. The van der Waals surface area contributed by atoms with Crippen LogP contribution in [0.25, 0.3) is 0 Å². The topological polar surface area (TPSA) is 62.6 Å². The molecule has 0 radical (unpaired) electrons. The number of likely N-dealkylation sites (tertiary alicyclic amines) is 1. The number of piperidine rings is 1. The molecule has 2 fully saturated rings. The number of aryl methyl sites for hydroxylation is 1. The Morgan fingerprint density at radius 3 is 2.91 bits per heavy atom. The van der Waals surface area contributed by atoms with E-state index >= 15 is 0 Å². The molecular formula is C16H25N5O2. The Morgan fingerprint density at radius 1 is 1.35 bits per heavy atom. The third-order valence-electron chi connectivity index (χ3n) is 5.24. The summed E-state index contributed by atoms with van der Waals surface area (Å²) in [6.07, 6.45) is 2.79. The third kappa shape index (κ3) is 2.95. The molecule has 1 amide bonds. The minimum Gasteiger partial charge on any atom is -0.441 e. The molecule has 1 spiro atoms. The lowest BCUT2D eigenvalue weighted by Gasteiger charge is -2.37. The van der Waals surface area contributed by atoms with Crippen LogP contribution in [0.3, 0.4) is 0 Å². The Hall–Kier alpha value is -1.60. The number of hydrogen-bond donors (Lipinski definition) is 1. The molecule has 0 aliphatic carbocycles. The molecule has 0 unspecified atom stereocenters. The van der Waals surface area contributed by atoms with E-state index in [9.17, 15) is 4.79 Å². The summed E-state index contributed by atoms with van der Waals surface area (Å²) < 4.78 is 7.76. The maximum Gasteiger partial charge on any atom is 0.410 e. The number of rotatable bonds is 2. The van der Waals surface area contributed by atoms with Crippen LogP contribution in [0.2, 0.25) is 0 Å². The van der Waals surface area contributed by atoms with Crippen LogP contribution >= 0.6 is 0 Å². The van der Waals surface area contributed by atoms with Gasteiger partial charge in [0.25, 0.3) is 0 Å². The van der Waals surface area contributed by atoms with E-state index in [-0.39, 0.29) is 11.7 Å². The van der Waals surface area contributed by atoms with Gasteiger partial charge in [0.1, 0.15) is 5.60 Å². The fourth-order valence-electron chi connectivity index (χ4n) is 3.90. The number of hydrogen-bond acceptors (Lipinski definition) is 5. The second kappa shape index (κ2) is 5.79. The van der Waals surface area contributed by atoms with Crippen molar-refractivity contribution in [2.24, 2.45) is 0 Å². The first-order valence-corrected chi connectivity index (χ1v) is 8.56. The van der Waals surface area contributed by atoms with E-state index in [4.69, 9.17) is 9.84 Å². The summed E-state index contributed by atoms with van der Waals surface area (Å²) in [5, 5.41) is 8.19. The molecule has 2 saturated heterocycles. The summed E-state index contributed by atoms with van der Waals surface area (Å²) in [5.41, 5.74) is 2.19. The van der Waals surface area contributed by atoms with Crippen molar-refractivity contribution in [1.29, 1.82) is 0 Å². The van der Waals surface area contributed by atoms with Gasteiger partial charge in [0.15, 0.2) is 0 Å². The highest BCUT2D eigenvalue weighted by atomic mass is 16.6. The number of likely N-dealkylation sites (N-methyl/N-ethyl adjacent to an activating group) is 1. The number of nitrogens with zero attached hydrogens (tertiary/aromatic N) is 4. The summed E-state index contributed by atoms with van der Waals surface area (Å²) in [4.78, 5) is 15.7. The second-order valence-electron chi connectivity index (χ2n) is 7.06. The highest BCUT2D eigenvalue weighted by Gasteiger charge is 2.45. The van der Waals surface area contributed by atoms with Gasteiger partial charge < -0.3 is 15.0 Å². The predicted octanol–water partition coefficient (Wildman–Crippen LogP) is 0.793. The molecule has 3 aliphatic rings. The maximum atomic E-state index is 11.6. The summed E-state index contributed by atoms with van der Waals surface area (Å²) in [6, 6.07) is 2.23. The fraction of sp³-hybridized carbons (Fsp3) is 0.750. The number of fused-ring (bicyclic) bond motifs is 1. The van der Waals surface area contributed by atoms with Crippen molar-refractivity contribution in [3.05, 3.63) is 17.5 Å². The van der Waals surface area contributed by atoms with Crippen molar-refractivity contribution < 1.29 is 9.53 Å². The summed E-state index contributed by atoms with van der Waals surface area (Å²) in [6.45, 7) is 6.53. The second-order valence-corrected chi connectivity index (χ2v) is 7.06. The maximum absolute atomic E-state index is 11.6. The van der Waals surface area contributed by atoms with Crippen LogP contribution in [0.1, 0.15) is 30.7 Å². The molecule has 3 aliphatic heterocycles. The average Bonchev–Trinajstić information content (AvgIpc) is 2.94. The molecule has 126 valence electrons. The van der Waals surface area contributed by atoms with Crippen molar-refractivity contribution in [3.8, 4) is 0 Å². The van der Waals surface area contributed by atoms with E-state index in [0.29, 0.717) is 0 Å². The number of aromatic nitrogens is 2. The molecule has 1 aromatic heterocycles. The molecule has 23 heavy (non-hydrogen) atoms. The fourth-order valence-corrected chi connectivity index (χ4v) is 3.90. The van der Waals surface area contributed by atoms with Gasteiger partial charge in [-0.25, -0.2) is 4.79 Å². The lowest BCUT2D eigenvalue weighted by Crippen LogP contribution is -2.46. The van der Waals surface area contributed by atoms with E-state index in [1.54, 1.807) is 4.90 Å². The van der Waals surface area contributed by atoms with Gasteiger partial charge in [0.05, 0.1) is 17.9 Å². The predicted molar refractivity (Wildman–Crippen MR) is 84.9 cm³/mol. The third-order valence-corrected chi connectivity index (χ3v) is 5.24. The Bertz CT molecular complexity index is 568. The largest absolute Gasteiger partial charge is 0.441 e. The van der Waals surface area contributed by atoms with Crippen LogP contribution < -0.4 is 5.32 Å². The molecule has 7 heteroatoms. The van der Waals surface area contributed by atoms with Gasteiger partial charge in [0, 0.05) is 52.6 Å². The molecule has 0 bridgehead atoms. The zero-order valence-electron chi connectivity index (χ0n) is 13.8. The van der Waals surface area contributed by atoms with Gasteiger partial charge in [-0.15, -0.1) is 0 Å². The van der Waals surface area contributed by atoms with Crippen molar-refractivity contribution in [2.45, 2.75) is 44.5 Å². The van der Waals surface area contributed by atoms with Gasteiger partial charge in [-0.3, -0.25) is 9.58 Å². The van der Waals surface area contributed by atoms with Crippen molar-refractivity contribution in [2.75, 3.05) is 33.2 Å². The number of carbonyl (C=O) groups is 1. The highest BCUT2D eigenvalue weighted by molar-refractivity contribution is 5.70. The molecule has 4 heterocycles. The highest BCUT2D eigenvalue weighted by Crippen LogP contribution is 2.32. The van der Waals surface area contributed by atoms with E-state index < -0.39 is 0 Å². The molecular weight excluding hydrogens is 294 g/mol. The van der Waals surface area contributed by atoms with Crippen molar-refractivity contribution in [1.82, 2.24) is 24.9 Å². The lowest BCUT2D eigenvalue weighted by atomic mass is 9.91.